The molecule has 4 N–H and O–H groups in total. The standard InChI is InChI=1S/C10H14ClFN2/c1-2-6-7(9(14)5-13)3-4-8(12)10(6)11/h3-4,9H,2,5,13-14H2,1H3/t9-/m1/s1. The highest BCUT2D eigenvalue weighted by atomic mass is 35.5. The van der Waals surface area contributed by atoms with Gasteiger partial charge in [-0.05, 0) is 23.6 Å². The lowest BCUT2D eigenvalue weighted by Crippen LogP contribution is -2.22. The predicted molar refractivity (Wildman–Crippen MR) is 56.8 cm³/mol. The second kappa shape index (κ2) is 4.73. The van der Waals surface area contributed by atoms with Crippen molar-refractivity contribution in [1.82, 2.24) is 0 Å². The fraction of sp³-hybridized carbons (Fsp3) is 0.400. The van der Waals surface area contributed by atoms with Crippen molar-refractivity contribution >= 4 is 11.6 Å². The zero-order chi connectivity index (χ0) is 10.7. The highest BCUT2D eigenvalue weighted by Gasteiger charge is 2.14. The maximum Gasteiger partial charge on any atom is 0.142 e. The molecule has 0 fully saturated rings. The number of hydrogen-bond donors (Lipinski definition) is 2. The molecule has 0 heterocycles. The van der Waals surface area contributed by atoms with E-state index in [1.54, 1.807) is 6.07 Å². The van der Waals surface area contributed by atoms with E-state index in [1.807, 2.05) is 6.92 Å². The van der Waals surface area contributed by atoms with Gasteiger partial charge in [-0.2, -0.15) is 0 Å². The third kappa shape index (κ3) is 2.05. The molecule has 0 saturated carbocycles. The smallest absolute Gasteiger partial charge is 0.142 e. The molecule has 0 unspecified atom stereocenters. The molecular formula is C10H14ClFN2. The van der Waals surface area contributed by atoms with Crippen LogP contribution in [-0.2, 0) is 6.42 Å². The Balaban J connectivity index is 3.23. The van der Waals surface area contributed by atoms with E-state index in [0.29, 0.717) is 13.0 Å². The first-order valence-electron chi connectivity index (χ1n) is 4.54. The summed E-state index contributed by atoms with van der Waals surface area (Å²) in [5.41, 5.74) is 12.8. The van der Waals surface area contributed by atoms with E-state index in [4.69, 9.17) is 23.1 Å². The second-order valence-electron chi connectivity index (χ2n) is 3.12. The van der Waals surface area contributed by atoms with E-state index in [2.05, 4.69) is 0 Å². The predicted octanol–water partition coefficient (Wildman–Crippen LogP) is 2.00. The quantitative estimate of drug-likeness (QED) is 0.812. The van der Waals surface area contributed by atoms with Crippen LogP contribution in [0.15, 0.2) is 12.1 Å². The lowest BCUT2D eigenvalue weighted by atomic mass is 9.99. The van der Waals surface area contributed by atoms with Crippen molar-refractivity contribution < 1.29 is 4.39 Å². The Bertz CT molecular complexity index is 328. The molecule has 2 nitrogen and oxygen atoms in total. The number of benzene rings is 1. The molecule has 0 saturated heterocycles. The van der Waals surface area contributed by atoms with Crippen LogP contribution >= 0.6 is 11.6 Å². The van der Waals surface area contributed by atoms with Crippen molar-refractivity contribution in [1.29, 1.82) is 0 Å². The molecule has 4 heteroatoms. The minimum Gasteiger partial charge on any atom is -0.329 e. The monoisotopic (exact) mass is 216 g/mol. The molecule has 1 atom stereocenters. The number of hydrogen-bond acceptors (Lipinski definition) is 2. The fourth-order valence-corrected chi connectivity index (χ4v) is 1.75. The minimum absolute atomic E-state index is 0.161. The zero-order valence-corrected chi connectivity index (χ0v) is 8.81. The fourth-order valence-electron chi connectivity index (χ4n) is 1.44. The summed E-state index contributed by atoms with van der Waals surface area (Å²) in [5, 5.41) is 0.161. The molecule has 0 amide bonds. The topological polar surface area (TPSA) is 52.0 Å². The van der Waals surface area contributed by atoms with Crippen LogP contribution in [0.5, 0.6) is 0 Å². The summed E-state index contributed by atoms with van der Waals surface area (Å²) in [5.74, 6) is -0.406. The van der Waals surface area contributed by atoms with Crippen molar-refractivity contribution in [2.75, 3.05) is 6.54 Å². The van der Waals surface area contributed by atoms with Crippen LogP contribution in [0.2, 0.25) is 5.02 Å². The summed E-state index contributed by atoms with van der Waals surface area (Å²) in [4.78, 5) is 0. The van der Waals surface area contributed by atoms with Crippen molar-refractivity contribution in [3.05, 3.63) is 34.1 Å². The van der Waals surface area contributed by atoms with Crippen LogP contribution < -0.4 is 11.5 Å². The lowest BCUT2D eigenvalue weighted by Gasteiger charge is -2.15. The Morgan fingerprint density at radius 3 is 2.64 bits per heavy atom. The average molecular weight is 217 g/mol. The van der Waals surface area contributed by atoms with Crippen LogP contribution in [0.1, 0.15) is 24.1 Å². The van der Waals surface area contributed by atoms with Gasteiger partial charge < -0.3 is 11.5 Å². The largest absolute Gasteiger partial charge is 0.329 e. The molecule has 0 aliphatic rings. The molecule has 78 valence electrons. The van der Waals surface area contributed by atoms with Crippen LogP contribution in [0.25, 0.3) is 0 Å². The first-order valence-corrected chi connectivity index (χ1v) is 4.92. The third-order valence-electron chi connectivity index (χ3n) is 2.24. The molecule has 1 aromatic rings. The van der Waals surface area contributed by atoms with Crippen LogP contribution in [0, 0.1) is 5.82 Å². The van der Waals surface area contributed by atoms with Crippen molar-refractivity contribution in [2.45, 2.75) is 19.4 Å². The Hall–Kier alpha value is -0.640. The van der Waals surface area contributed by atoms with Gasteiger partial charge in [0.05, 0.1) is 5.02 Å². The maximum absolute atomic E-state index is 13.1. The van der Waals surface area contributed by atoms with E-state index >= 15 is 0 Å². The summed E-state index contributed by atoms with van der Waals surface area (Å²) >= 11 is 5.83. The highest BCUT2D eigenvalue weighted by molar-refractivity contribution is 6.31. The van der Waals surface area contributed by atoms with E-state index in [1.165, 1.54) is 6.07 Å². The Morgan fingerprint density at radius 2 is 2.14 bits per heavy atom. The van der Waals surface area contributed by atoms with Crippen molar-refractivity contribution in [2.24, 2.45) is 11.5 Å². The van der Waals surface area contributed by atoms with E-state index in [0.717, 1.165) is 11.1 Å². The van der Waals surface area contributed by atoms with E-state index < -0.39 is 5.82 Å². The van der Waals surface area contributed by atoms with Crippen LogP contribution in [0.4, 0.5) is 4.39 Å². The average Bonchev–Trinajstić information content (AvgIpc) is 2.20. The van der Waals surface area contributed by atoms with Gasteiger partial charge in [0.15, 0.2) is 0 Å². The molecular weight excluding hydrogens is 203 g/mol. The van der Waals surface area contributed by atoms with Crippen molar-refractivity contribution in [3.63, 3.8) is 0 Å². The highest BCUT2D eigenvalue weighted by Crippen LogP contribution is 2.27. The van der Waals surface area contributed by atoms with Gasteiger partial charge in [-0.3, -0.25) is 0 Å². The molecule has 14 heavy (non-hydrogen) atoms. The van der Waals surface area contributed by atoms with Gasteiger partial charge in [-0.15, -0.1) is 0 Å². The summed E-state index contributed by atoms with van der Waals surface area (Å²) in [7, 11) is 0. The van der Waals surface area contributed by atoms with Gasteiger partial charge in [0.25, 0.3) is 0 Å². The van der Waals surface area contributed by atoms with E-state index in [-0.39, 0.29) is 11.1 Å². The Morgan fingerprint density at radius 1 is 1.50 bits per heavy atom. The van der Waals surface area contributed by atoms with Gasteiger partial charge in [0, 0.05) is 12.6 Å². The van der Waals surface area contributed by atoms with Gasteiger partial charge in [-0.25, -0.2) is 4.39 Å². The van der Waals surface area contributed by atoms with E-state index in [9.17, 15) is 4.39 Å². The van der Waals surface area contributed by atoms with Gasteiger partial charge >= 0.3 is 0 Å². The molecule has 0 radical (unpaired) electrons. The summed E-state index contributed by atoms with van der Waals surface area (Å²) in [6.45, 7) is 2.24. The van der Waals surface area contributed by atoms with Gasteiger partial charge in [-0.1, -0.05) is 24.6 Å². The summed E-state index contributed by atoms with van der Waals surface area (Å²) in [6, 6.07) is 2.70. The zero-order valence-electron chi connectivity index (χ0n) is 8.06. The summed E-state index contributed by atoms with van der Waals surface area (Å²) < 4.78 is 13.1. The molecule has 0 aromatic heterocycles. The Kier molecular flexibility index (Phi) is 3.86. The molecule has 1 rings (SSSR count). The van der Waals surface area contributed by atoms with Gasteiger partial charge in [0.1, 0.15) is 5.82 Å². The SMILES string of the molecule is CCc1c([C@H](N)CN)ccc(F)c1Cl. The summed E-state index contributed by atoms with van der Waals surface area (Å²) in [6.07, 6.45) is 0.652. The van der Waals surface area contributed by atoms with Crippen molar-refractivity contribution in [3.8, 4) is 0 Å². The van der Waals surface area contributed by atoms with Crippen LogP contribution in [-0.4, -0.2) is 6.54 Å². The number of halogens is 2. The van der Waals surface area contributed by atoms with Crippen LogP contribution in [0.3, 0.4) is 0 Å². The molecule has 1 aromatic carbocycles. The molecule has 0 aliphatic heterocycles. The minimum atomic E-state index is -0.406. The number of nitrogens with two attached hydrogens (primary N) is 2. The third-order valence-corrected chi connectivity index (χ3v) is 2.65. The molecule has 0 bridgehead atoms. The number of rotatable bonds is 3. The first-order chi connectivity index (χ1) is 6.61. The Labute approximate surface area is 88.0 Å². The second-order valence-corrected chi connectivity index (χ2v) is 3.50. The maximum atomic E-state index is 13.1. The first kappa shape index (κ1) is 11.4. The normalized spacial score (nSPS) is 12.9. The molecule has 0 spiro atoms. The molecule has 0 aliphatic carbocycles. The van der Waals surface area contributed by atoms with Gasteiger partial charge in [0.2, 0.25) is 0 Å². The lowest BCUT2D eigenvalue weighted by molar-refractivity contribution is 0.622.